The SMILES string of the molecule is C1=CC2c3ccccc3SC2C=C1c1nc(-c2ccccc2)nc(-c2cccc3oc4ccc(-c5ccc6sc7ccccc7c6c5)cc4c23)n1. The van der Waals surface area contributed by atoms with Gasteiger partial charge in [0.1, 0.15) is 11.2 Å². The van der Waals surface area contributed by atoms with Crippen LogP contribution in [0.1, 0.15) is 17.3 Å². The van der Waals surface area contributed by atoms with Crippen LogP contribution in [0.15, 0.2) is 161 Å². The highest BCUT2D eigenvalue weighted by Gasteiger charge is 2.32. The Kier molecular flexibility index (Phi) is 6.45. The summed E-state index contributed by atoms with van der Waals surface area (Å²) in [7, 11) is 0. The van der Waals surface area contributed by atoms with E-state index < -0.39 is 0 Å². The fraction of sp³-hybridized carbons (Fsp3) is 0.0444. The second-order valence-electron chi connectivity index (χ2n) is 13.1. The first-order valence-electron chi connectivity index (χ1n) is 17.1. The normalized spacial score (nSPS) is 16.6. The lowest BCUT2D eigenvalue weighted by Crippen LogP contribution is -2.11. The molecule has 2 atom stereocenters. The predicted octanol–water partition coefficient (Wildman–Crippen LogP) is 12.4. The van der Waals surface area contributed by atoms with Gasteiger partial charge >= 0.3 is 0 Å². The Hall–Kier alpha value is -5.82. The summed E-state index contributed by atoms with van der Waals surface area (Å²) in [6, 6.07) is 47.0. The maximum atomic E-state index is 6.47. The summed E-state index contributed by atoms with van der Waals surface area (Å²) in [6.07, 6.45) is 6.83. The van der Waals surface area contributed by atoms with Gasteiger partial charge in [-0.05, 0) is 59.2 Å². The van der Waals surface area contributed by atoms with Crippen molar-refractivity contribution >= 4 is 70.8 Å². The highest BCUT2D eigenvalue weighted by molar-refractivity contribution is 8.00. The van der Waals surface area contributed by atoms with Crippen LogP contribution in [0, 0.1) is 0 Å². The lowest BCUT2D eigenvalue weighted by molar-refractivity contribution is 0.669. The van der Waals surface area contributed by atoms with Crippen molar-refractivity contribution in [3.63, 3.8) is 0 Å². The van der Waals surface area contributed by atoms with E-state index in [9.17, 15) is 0 Å². The molecule has 6 heteroatoms. The first-order valence-corrected chi connectivity index (χ1v) is 18.8. The molecule has 0 fully saturated rings. The van der Waals surface area contributed by atoms with E-state index in [0.29, 0.717) is 28.6 Å². The number of hydrogen-bond donors (Lipinski definition) is 0. The van der Waals surface area contributed by atoms with Gasteiger partial charge in [0.2, 0.25) is 0 Å². The van der Waals surface area contributed by atoms with Gasteiger partial charge in [0.15, 0.2) is 17.5 Å². The number of thioether (sulfide) groups is 1. The molecule has 0 spiro atoms. The van der Waals surface area contributed by atoms with E-state index in [2.05, 4.69) is 121 Å². The average molecular weight is 690 g/mol. The zero-order chi connectivity index (χ0) is 33.5. The van der Waals surface area contributed by atoms with Gasteiger partial charge in [0.05, 0.1) is 0 Å². The Labute approximate surface area is 301 Å². The number of furan rings is 1. The van der Waals surface area contributed by atoms with E-state index in [1.807, 2.05) is 53.4 Å². The van der Waals surface area contributed by atoms with Crippen molar-refractivity contribution in [3.8, 4) is 33.9 Å². The maximum absolute atomic E-state index is 6.47. The van der Waals surface area contributed by atoms with Crippen LogP contribution in [0.2, 0.25) is 0 Å². The van der Waals surface area contributed by atoms with Gasteiger partial charge in [-0.25, -0.2) is 15.0 Å². The van der Waals surface area contributed by atoms with Crippen LogP contribution >= 0.6 is 23.1 Å². The molecule has 240 valence electrons. The molecule has 0 N–H and O–H groups in total. The van der Waals surface area contributed by atoms with Crippen LogP contribution < -0.4 is 0 Å². The van der Waals surface area contributed by atoms with E-state index in [-0.39, 0.29) is 0 Å². The van der Waals surface area contributed by atoms with Gasteiger partial charge < -0.3 is 4.42 Å². The van der Waals surface area contributed by atoms with Crippen molar-refractivity contribution in [1.29, 1.82) is 0 Å². The molecule has 4 heterocycles. The fourth-order valence-corrected chi connectivity index (χ4v) is 10.1. The number of aromatic nitrogens is 3. The number of hydrogen-bond acceptors (Lipinski definition) is 6. The molecule has 4 nitrogen and oxygen atoms in total. The quantitative estimate of drug-likeness (QED) is 0.184. The van der Waals surface area contributed by atoms with Crippen LogP contribution in [0.3, 0.4) is 0 Å². The van der Waals surface area contributed by atoms with Gasteiger partial charge in [0.25, 0.3) is 0 Å². The molecular formula is C45H27N3OS2. The van der Waals surface area contributed by atoms with Crippen LogP contribution in [0.25, 0.3) is 81.6 Å². The van der Waals surface area contributed by atoms with Gasteiger partial charge in [-0.15, -0.1) is 23.1 Å². The van der Waals surface area contributed by atoms with E-state index in [4.69, 9.17) is 19.4 Å². The van der Waals surface area contributed by atoms with Crippen molar-refractivity contribution in [2.75, 3.05) is 0 Å². The number of benzene rings is 6. The predicted molar refractivity (Wildman–Crippen MR) is 212 cm³/mol. The molecule has 0 saturated heterocycles. The number of nitrogens with zero attached hydrogens (tertiary/aromatic N) is 3. The third-order valence-corrected chi connectivity index (χ3v) is 12.6. The van der Waals surface area contributed by atoms with Gasteiger partial charge in [-0.3, -0.25) is 0 Å². The largest absolute Gasteiger partial charge is 0.456 e. The Morgan fingerprint density at radius 2 is 1.31 bits per heavy atom. The molecule has 6 aromatic carbocycles. The third-order valence-electron chi connectivity index (χ3n) is 10.1. The zero-order valence-corrected chi connectivity index (χ0v) is 28.8. The minimum atomic E-state index is 0.300. The molecule has 2 unspecified atom stereocenters. The average Bonchev–Trinajstić information content (AvgIpc) is 3.88. The Morgan fingerprint density at radius 1 is 0.549 bits per heavy atom. The van der Waals surface area contributed by atoms with E-state index in [0.717, 1.165) is 44.2 Å². The monoisotopic (exact) mass is 689 g/mol. The van der Waals surface area contributed by atoms with Gasteiger partial charge in [0, 0.05) is 63.7 Å². The van der Waals surface area contributed by atoms with Crippen molar-refractivity contribution in [2.24, 2.45) is 0 Å². The zero-order valence-electron chi connectivity index (χ0n) is 27.2. The molecule has 1 aliphatic heterocycles. The van der Waals surface area contributed by atoms with Crippen LogP contribution in [-0.2, 0) is 0 Å². The molecule has 0 amide bonds. The Morgan fingerprint density at radius 3 is 2.25 bits per heavy atom. The number of fused-ring (bicyclic) bond motifs is 9. The van der Waals surface area contributed by atoms with Crippen molar-refractivity contribution in [3.05, 3.63) is 163 Å². The summed E-state index contributed by atoms with van der Waals surface area (Å²) in [5.74, 6) is 2.30. The molecular weight excluding hydrogens is 663 g/mol. The van der Waals surface area contributed by atoms with Crippen LogP contribution in [-0.4, -0.2) is 20.2 Å². The summed E-state index contributed by atoms with van der Waals surface area (Å²) in [5, 5.41) is 4.92. The van der Waals surface area contributed by atoms with Gasteiger partial charge in [-0.1, -0.05) is 109 Å². The van der Waals surface area contributed by atoms with Crippen molar-refractivity contribution in [1.82, 2.24) is 15.0 Å². The summed E-state index contributed by atoms with van der Waals surface area (Å²) < 4.78 is 9.07. The molecule has 0 radical (unpaired) electrons. The number of thiophene rings is 1. The first kappa shape index (κ1) is 29.0. The standard InChI is InChI=1S/C45H27N3OS2/c1-2-9-26(10-3-1)43-46-44(29-17-20-32-30-11-4-6-15-38(30)51-41(32)25-29)48-45(47-43)33-13-8-14-37-42(33)35-24-27(18-21-36(35)49-37)28-19-22-40-34(23-28)31-12-5-7-16-39(31)50-40/h1-25,32,41H. The smallest absolute Gasteiger partial charge is 0.164 e. The van der Waals surface area contributed by atoms with Crippen molar-refractivity contribution < 1.29 is 4.42 Å². The highest BCUT2D eigenvalue weighted by Crippen LogP contribution is 2.49. The summed E-state index contributed by atoms with van der Waals surface area (Å²) in [5.41, 5.74) is 8.23. The Balaban J connectivity index is 1.07. The second kappa shape index (κ2) is 11.4. The molecule has 2 aliphatic rings. The van der Waals surface area contributed by atoms with Crippen LogP contribution in [0.5, 0.6) is 0 Å². The number of allylic oxidation sites excluding steroid dienone is 3. The Bertz CT molecular complexity index is 2920. The third kappa shape index (κ3) is 4.71. The molecule has 1 aliphatic carbocycles. The van der Waals surface area contributed by atoms with E-state index in [1.54, 1.807) is 0 Å². The minimum Gasteiger partial charge on any atom is -0.456 e. The molecule has 9 aromatic rings. The van der Waals surface area contributed by atoms with Gasteiger partial charge in [-0.2, -0.15) is 0 Å². The summed E-state index contributed by atoms with van der Waals surface area (Å²) >= 11 is 3.75. The molecule has 3 aromatic heterocycles. The molecule has 51 heavy (non-hydrogen) atoms. The molecule has 0 saturated carbocycles. The fourth-order valence-electron chi connectivity index (χ4n) is 7.64. The minimum absolute atomic E-state index is 0.300. The highest BCUT2D eigenvalue weighted by atomic mass is 32.2. The maximum Gasteiger partial charge on any atom is 0.164 e. The summed E-state index contributed by atoms with van der Waals surface area (Å²) in [6.45, 7) is 0. The molecule has 11 rings (SSSR count). The van der Waals surface area contributed by atoms with E-state index in [1.165, 1.54) is 36.2 Å². The van der Waals surface area contributed by atoms with Crippen LogP contribution in [0.4, 0.5) is 0 Å². The van der Waals surface area contributed by atoms with E-state index >= 15 is 0 Å². The topological polar surface area (TPSA) is 51.8 Å². The van der Waals surface area contributed by atoms with Crippen molar-refractivity contribution in [2.45, 2.75) is 16.1 Å². The summed E-state index contributed by atoms with van der Waals surface area (Å²) in [4.78, 5) is 16.7. The first-order chi connectivity index (χ1) is 25.2. The number of rotatable bonds is 4. The lowest BCUT2D eigenvalue weighted by atomic mass is 9.90. The lowest BCUT2D eigenvalue weighted by Gasteiger charge is -2.19. The second-order valence-corrected chi connectivity index (χ2v) is 15.4. The molecule has 0 bridgehead atoms.